The Morgan fingerprint density at radius 2 is 1.81 bits per heavy atom. The molecule has 1 aliphatic carbocycles. The zero-order valence-corrected chi connectivity index (χ0v) is 36.7. The van der Waals surface area contributed by atoms with Gasteiger partial charge in [0.25, 0.3) is 5.56 Å². The van der Waals surface area contributed by atoms with Crippen LogP contribution >= 0.6 is 12.1 Å². The van der Waals surface area contributed by atoms with E-state index in [1.165, 1.54) is 30.3 Å². The Labute approximate surface area is 369 Å². The largest absolute Gasteiger partial charge is 0.452 e. The van der Waals surface area contributed by atoms with Crippen molar-refractivity contribution in [3.05, 3.63) is 87.5 Å². The van der Waals surface area contributed by atoms with Gasteiger partial charge < -0.3 is 19.7 Å². The number of piperidine rings is 3. The average Bonchev–Trinajstić information content (AvgIpc) is 3.68. The lowest BCUT2D eigenvalue weighted by atomic mass is 9.77. The summed E-state index contributed by atoms with van der Waals surface area (Å²) < 4.78 is 43.3. The van der Waals surface area contributed by atoms with Crippen molar-refractivity contribution in [2.75, 3.05) is 56.4 Å². The highest BCUT2D eigenvalue weighted by Gasteiger charge is 2.43. The zero-order chi connectivity index (χ0) is 44.4. The van der Waals surface area contributed by atoms with Gasteiger partial charge in [0.1, 0.15) is 29.2 Å². The highest BCUT2D eigenvalue weighted by atomic mass is 32.2. The fourth-order valence-electron chi connectivity index (χ4n) is 9.66. The van der Waals surface area contributed by atoms with Crippen LogP contribution < -0.4 is 25.7 Å². The summed E-state index contributed by atoms with van der Waals surface area (Å²) in [6.07, 6.45) is 7.95. The van der Waals surface area contributed by atoms with E-state index in [1.807, 2.05) is 23.2 Å². The van der Waals surface area contributed by atoms with Gasteiger partial charge >= 0.3 is 0 Å². The van der Waals surface area contributed by atoms with Gasteiger partial charge in [0.05, 0.1) is 29.5 Å². The summed E-state index contributed by atoms with van der Waals surface area (Å²) in [6.45, 7) is 7.49. The van der Waals surface area contributed by atoms with Gasteiger partial charge in [-0.25, -0.2) is 18.1 Å². The van der Waals surface area contributed by atoms with Crippen molar-refractivity contribution >= 4 is 52.1 Å². The monoisotopic (exact) mass is 881 g/mol. The number of anilines is 2. The molecule has 3 N–H and O–H groups in total. The van der Waals surface area contributed by atoms with Crippen LogP contribution in [0.4, 0.5) is 20.2 Å². The number of carbonyl (C=O) groups is 3. The van der Waals surface area contributed by atoms with Gasteiger partial charge in [0.2, 0.25) is 17.7 Å². The van der Waals surface area contributed by atoms with Crippen LogP contribution in [0.15, 0.2) is 53.6 Å². The molecule has 63 heavy (non-hydrogen) atoms. The third-order valence-electron chi connectivity index (χ3n) is 13.6. The number of aryl methyl sites for hydroxylation is 1. The van der Waals surface area contributed by atoms with Gasteiger partial charge in [-0.05, 0) is 132 Å². The number of rotatable bonds is 12. The van der Waals surface area contributed by atoms with Crippen molar-refractivity contribution in [3.63, 3.8) is 0 Å². The van der Waals surface area contributed by atoms with Gasteiger partial charge in [-0.1, -0.05) is 13.0 Å². The number of benzene rings is 3. The molecule has 3 aromatic carbocycles. The molecular weight excluding hydrogens is 829 g/mol. The number of carbonyl (C=O) groups excluding carboxylic acids is 3. The summed E-state index contributed by atoms with van der Waals surface area (Å²) in [6, 6.07) is 12.5. The van der Waals surface area contributed by atoms with Crippen molar-refractivity contribution in [3.8, 4) is 17.6 Å². The Morgan fingerprint density at radius 3 is 2.52 bits per heavy atom. The summed E-state index contributed by atoms with van der Waals surface area (Å²) in [5.41, 5.74) is 2.38. The number of aromatic nitrogens is 2. The van der Waals surface area contributed by atoms with Crippen molar-refractivity contribution in [1.82, 2.24) is 29.0 Å². The lowest BCUT2D eigenvalue weighted by Crippen LogP contribution is -2.47. The number of hydrogen-bond acceptors (Lipinski definition) is 12. The van der Waals surface area contributed by atoms with E-state index >= 15 is 8.78 Å². The van der Waals surface area contributed by atoms with Gasteiger partial charge in [-0.2, -0.15) is 5.26 Å². The van der Waals surface area contributed by atoms with Crippen molar-refractivity contribution in [2.45, 2.75) is 89.6 Å². The van der Waals surface area contributed by atoms with E-state index in [1.54, 1.807) is 42.1 Å². The second-order valence-corrected chi connectivity index (χ2v) is 18.4. The van der Waals surface area contributed by atoms with E-state index < -0.39 is 17.8 Å². The number of ether oxygens (including phenoxy) is 1. The SMILES string of the molecule is CCN(C)SNc1ccc(F)c(Oc2ccc3ncn(C4CCC5(CCN(C(=O)CN6CCC(c7ccc(NC8CCC(=O)NC8=O)cc7F)CC6)CC5)C4)c(=O)c3c2C)c1C#N. The van der Waals surface area contributed by atoms with Gasteiger partial charge in [0.15, 0.2) is 11.6 Å². The predicted octanol–water partition coefficient (Wildman–Crippen LogP) is 7.00. The van der Waals surface area contributed by atoms with E-state index in [4.69, 9.17) is 4.74 Å². The van der Waals surface area contributed by atoms with Gasteiger partial charge in [0, 0.05) is 55.5 Å². The number of nitrogens with zero attached hydrogens (tertiary/aromatic N) is 6. The molecule has 14 nitrogen and oxygen atoms in total. The van der Waals surface area contributed by atoms with Crippen LogP contribution in [-0.2, 0) is 14.4 Å². The van der Waals surface area contributed by atoms with E-state index in [2.05, 4.69) is 31.3 Å². The van der Waals surface area contributed by atoms with Crippen molar-refractivity contribution in [2.24, 2.45) is 5.41 Å². The van der Waals surface area contributed by atoms with Crippen LogP contribution in [0.25, 0.3) is 10.9 Å². The number of nitrogens with one attached hydrogen (secondary N) is 3. The first kappa shape index (κ1) is 44.1. The molecule has 0 bridgehead atoms. The molecule has 1 aromatic heterocycles. The Bertz CT molecular complexity index is 2510. The first-order valence-electron chi connectivity index (χ1n) is 21.8. The number of halogens is 2. The van der Waals surface area contributed by atoms with Crippen LogP contribution in [0, 0.1) is 35.3 Å². The van der Waals surface area contributed by atoms with Gasteiger partial charge in [-0.3, -0.25) is 34.0 Å². The number of nitriles is 1. The molecule has 0 radical (unpaired) electrons. The van der Waals surface area contributed by atoms with Crippen LogP contribution in [0.5, 0.6) is 11.5 Å². The molecule has 3 aliphatic heterocycles. The molecular formula is C46H53F2N9O5S. The average molecular weight is 882 g/mol. The normalized spacial score (nSPS) is 20.6. The molecule has 17 heteroatoms. The molecule has 1 spiro atoms. The van der Waals surface area contributed by atoms with Crippen LogP contribution in [0.1, 0.15) is 93.4 Å². The standard InChI is InChI=1S/C46H53F2N9O5S/c1-4-54(3)63-53-36-8-7-34(47)43(33(36)25-49)62-39-11-9-37-42(28(39)2)45(61)57(27-50-37)31-13-16-46(24-31)17-21-56(22-18-46)41(59)26-55-19-14-29(15-20-55)32-6-5-30(23-35(32)48)51-38-10-12-40(58)52-44(38)60/h5-9,11,23,27,29,31,38,51,53H,4,10,12-22,24,26H2,1-3H3,(H,52,58,60). The number of hydrogen-bond donors (Lipinski definition) is 3. The first-order valence-corrected chi connectivity index (χ1v) is 22.6. The summed E-state index contributed by atoms with van der Waals surface area (Å²) in [7, 11) is 1.89. The molecule has 332 valence electrons. The Morgan fingerprint density at radius 1 is 1.03 bits per heavy atom. The maximum absolute atomic E-state index is 15.3. The molecule has 8 rings (SSSR count). The summed E-state index contributed by atoms with van der Waals surface area (Å²) >= 11 is 1.28. The topological polar surface area (TPSA) is 165 Å². The maximum Gasteiger partial charge on any atom is 0.261 e. The van der Waals surface area contributed by atoms with Crippen LogP contribution in [-0.4, -0.2) is 93.7 Å². The fraction of sp³-hybridized carbons (Fsp3) is 0.478. The number of fused-ring (bicyclic) bond motifs is 1. The fourth-order valence-corrected chi connectivity index (χ4v) is 10.2. The maximum atomic E-state index is 15.3. The molecule has 3 saturated heterocycles. The third-order valence-corrected chi connectivity index (χ3v) is 14.4. The third kappa shape index (κ3) is 9.39. The second kappa shape index (κ2) is 18.6. The molecule has 1 saturated carbocycles. The number of amides is 3. The minimum atomic E-state index is -0.695. The predicted molar refractivity (Wildman–Crippen MR) is 237 cm³/mol. The molecule has 3 amide bonds. The minimum Gasteiger partial charge on any atom is -0.452 e. The number of imide groups is 1. The Balaban J connectivity index is 0.851. The zero-order valence-electron chi connectivity index (χ0n) is 35.8. The van der Waals surface area contributed by atoms with E-state index in [0.717, 1.165) is 51.5 Å². The summed E-state index contributed by atoms with van der Waals surface area (Å²) in [5.74, 6) is -1.56. The molecule has 2 unspecified atom stereocenters. The van der Waals surface area contributed by atoms with E-state index in [9.17, 15) is 24.4 Å². The second-order valence-electron chi connectivity index (χ2n) is 17.4. The number of likely N-dealkylation sites (tertiary alicyclic amines) is 2. The lowest BCUT2D eigenvalue weighted by molar-refractivity contribution is -0.135. The highest BCUT2D eigenvalue weighted by Crippen LogP contribution is 2.50. The molecule has 2 atom stereocenters. The Kier molecular flexibility index (Phi) is 13.0. The van der Waals surface area contributed by atoms with Crippen LogP contribution in [0.2, 0.25) is 0 Å². The summed E-state index contributed by atoms with van der Waals surface area (Å²) in [4.78, 5) is 60.1. The van der Waals surface area contributed by atoms with Gasteiger partial charge in [-0.15, -0.1) is 0 Å². The Hall–Kier alpha value is -5.57. The minimum absolute atomic E-state index is 0.0136. The molecule has 4 aromatic rings. The smallest absolute Gasteiger partial charge is 0.261 e. The van der Waals surface area contributed by atoms with E-state index in [-0.39, 0.29) is 64.0 Å². The first-order chi connectivity index (χ1) is 30.3. The molecule has 4 aliphatic rings. The quantitative estimate of drug-likeness (QED) is 0.0988. The summed E-state index contributed by atoms with van der Waals surface area (Å²) in [5, 5.41) is 15.7. The van der Waals surface area contributed by atoms with E-state index in [0.29, 0.717) is 72.5 Å². The highest BCUT2D eigenvalue weighted by molar-refractivity contribution is 7.98. The molecule has 4 heterocycles. The lowest BCUT2D eigenvalue weighted by Gasteiger charge is -2.40. The molecule has 4 fully saturated rings. The van der Waals surface area contributed by atoms with Crippen molar-refractivity contribution < 1.29 is 27.9 Å². The van der Waals surface area contributed by atoms with Crippen molar-refractivity contribution in [1.29, 1.82) is 5.26 Å². The van der Waals surface area contributed by atoms with Crippen LogP contribution in [0.3, 0.4) is 0 Å².